The maximum Gasteiger partial charge on any atom is 0.108 e. The summed E-state index contributed by atoms with van der Waals surface area (Å²) in [6, 6.07) is 6.30. The van der Waals surface area contributed by atoms with E-state index in [0.29, 0.717) is 6.61 Å². The molecule has 0 saturated heterocycles. The van der Waals surface area contributed by atoms with Crippen LogP contribution in [-0.4, -0.2) is 17.3 Å². The van der Waals surface area contributed by atoms with Crippen molar-refractivity contribution in [3.05, 3.63) is 34.9 Å². The average molecular weight is 262 g/mol. The summed E-state index contributed by atoms with van der Waals surface area (Å²) in [6.07, 6.45) is 5.00. The largest absolute Gasteiger partial charge is 0.385 e. The molecule has 2 rings (SSSR count). The van der Waals surface area contributed by atoms with Crippen LogP contribution in [0.15, 0.2) is 18.2 Å². The van der Waals surface area contributed by atoms with E-state index in [2.05, 4.69) is 32.0 Å². The number of hydrogen-bond acceptors (Lipinski definition) is 2. The van der Waals surface area contributed by atoms with E-state index in [9.17, 15) is 5.11 Å². The maximum absolute atomic E-state index is 10.9. The molecule has 0 amide bonds. The van der Waals surface area contributed by atoms with Gasteiger partial charge < -0.3 is 9.84 Å². The minimum Gasteiger partial charge on any atom is -0.385 e. The zero-order valence-corrected chi connectivity index (χ0v) is 12.4. The van der Waals surface area contributed by atoms with Gasteiger partial charge in [-0.2, -0.15) is 0 Å². The van der Waals surface area contributed by atoms with E-state index >= 15 is 0 Å². The molecule has 106 valence electrons. The molecule has 0 aromatic heterocycles. The fourth-order valence-electron chi connectivity index (χ4n) is 3.27. The molecule has 1 aliphatic carbocycles. The van der Waals surface area contributed by atoms with Crippen LogP contribution in [0.1, 0.15) is 61.8 Å². The number of rotatable bonds is 4. The van der Waals surface area contributed by atoms with Gasteiger partial charge in [0.15, 0.2) is 0 Å². The minimum atomic E-state index is -0.507. The van der Waals surface area contributed by atoms with Crippen LogP contribution < -0.4 is 0 Å². The minimum absolute atomic E-state index is 0.369. The predicted octanol–water partition coefficient (Wildman–Crippen LogP) is 4.08. The van der Waals surface area contributed by atoms with E-state index in [4.69, 9.17) is 4.74 Å². The molecule has 1 N–H and O–H groups in total. The zero-order chi connectivity index (χ0) is 13.9. The fraction of sp³-hybridized carbons (Fsp3) is 0.647. The number of aryl methyl sites for hydroxylation is 2. The molecule has 19 heavy (non-hydrogen) atoms. The van der Waals surface area contributed by atoms with Crippen molar-refractivity contribution in [2.75, 3.05) is 6.61 Å². The SMILES string of the molecule is CCOC1(C(O)c2cc(C)ccc2C)CCCCC1. The second-order valence-corrected chi connectivity index (χ2v) is 5.82. The first-order valence-electron chi connectivity index (χ1n) is 7.48. The van der Waals surface area contributed by atoms with Crippen molar-refractivity contribution >= 4 is 0 Å². The lowest BCUT2D eigenvalue weighted by molar-refractivity contribution is -0.142. The van der Waals surface area contributed by atoms with Crippen LogP contribution in [0.25, 0.3) is 0 Å². The van der Waals surface area contributed by atoms with Crippen molar-refractivity contribution in [3.63, 3.8) is 0 Å². The molecule has 1 saturated carbocycles. The summed E-state index contributed by atoms with van der Waals surface area (Å²) in [7, 11) is 0. The molecule has 1 unspecified atom stereocenters. The third kappa shape index (κ3) is 3.01. The van der Waals surface area contributed by atoms with Crippen molar-refractivity contribution in [1.29, 1.82) is 0 Å². The average Bonchev–Trinajstić information content (AvgIpc) is 2.42. The number of ether oxygens (including phenoxy) is 1. The quantitative estimate of drug-likeness (QED) is 0.886. The second kappa shape index (κ2) is 6.06. The lowest BCUT2D eigenvalue weighted by Gasteiger charge is -2.41. The molecule has 2 nitrogen and oxygen atoms in total. The Kier molecular flexibility index (Phi) is 4.64. The van der Waals surface area contributed by atoms with Crippen LogP contribution in [0, 0.1) is 13.8 Å². The highest BCUT2D eigenvalue weighted by molar-refractivity contribution is 5.33. The standard InChI is InChI=1S/C17H26O2/c1-4-19-17(10-6-5-7-11-17)16(18)15-12-13(2)8-9-14(15)3/h8-9,12,16,18H,4-7,10-11H2,1-3H3. The Morgan fingerprint density at radius 2 is 1.89 bits per heavy atom. The van der Waals surface area contributed by atoms with Gasteiger partial charge in [0.1, 0.15) is 6.10 Å². The number of hydrogen-bond donors (Lipinski definition) is 1. The van der Waals surface area contributed by atoms with Gasteiger partial charge in [-0.1, -0.05) is 43.0 Å². The Balaban J connectivity index is 2.32. The monoisotopic (exact) mass is 262 g/mol. The molecule has 1 atom stereocenters. The van der Waals surface area contributed by atoms with Gasteiger partial charge in [0.05, 0.1) is 5.60 Å². The highest BCUT2D eigenvalue weighted by Crippen LogP contribution is 2.42. The van der Waals surface area contributed by atoms with Crippen LogP contribution in [0.4, 0.5) is 0 Å². The Morgan fingerprint density at radius 1 is 1.21 bits per heavy atom. The van der Waals surface area contributed by atoms with Crippen molar-refractivity contribution in [3.8, 4) is 0 Å². The third-order valence-corrected chi connectivity index (χ3v) is 4.36. The van der Waals surface area contributed by atoms with Gasteiger partial charge in [-0.05, 0) is 44.7 Å². The number of aliphatic hydroxyl groups excluding tert-OH is 1. The summed E-state index contributed by atoms with van der Waals surface area (Å²) in [5, 5.41) is 10.9. The topological polar surface area (TPSA) is 29.5 Å². The van der Waals surface area contributed by atoms with Crippen molar-refractivity contribution in [1.82, 2.24) is 0 Å². The Bertz CT molecular complexity index is 414. The van der Waals surface area contributed by atoms with Gasteiger partial charge in [-0.3, -0.25) is 0 Å². The van der Waals surface area contributed by atoms with Gasteiger partial charge >= 0.3 is 0 Å². The van der Waals surface area contributed by atoms with Crippen molar-refractivity contribution in [2.45, 2.75) is 64.6 Å². The highest BCUT2D eigenvalue weighted by atomic mass is 16.5. The van der Waals surface area contributed by atoms with E-state index in [-0.39, 0.29) is 5.60 Å². The Morgan fingerprint density at radius 3 is 2.53 bits per heavy atom. The molecule has 1 aromatic rings. The zero-order valence-electron chi connectivity index (χ0n) is 12.4. The summed E-state index contributed by atoms with van der Waals surface area (Å²) in [4.78, 5) is 0. The normalized spacial score (nSPS) is 20.2. The van der Waals surface area contributed by atoms with Crippen LogP contribution in [0.5, 0.6) is 0 Å². The van der Waals surface area contributed by atoms with E-state index in [1.54, 1.807) is 0 Å². The van der Waals surface area contributed by atoms with E-state index < -0.39 is 6.10 Å². The second-order valence-electron chi connectivity index (χ2n) is 5.82. The van der Waals surface area contributed by atoms with Crippen molar-refractivity contribution < 1.29 is 9.84 Å². The van der Waals surface area contributed by atoms with Crippen LogP contribution in [0.3, 0.4) is 0 Å². The first-order chi connectivity index (χ1) is 9.09. The fourth-order valence-corrected chi connectivity index (χ4v) is 3.27. The maximum atomic E-state index is 10.9. The molecule has 0 bridgehead atoms. The number of benzene rings is 1. The summed E-state index contributed by atoms with van der Waals surface area (Å²) in [5.74, 6) is 0. The summed E-state index contributed by atoms with van der Waals surface area (Å²) in [5.41, 5.74) is 3.02. The van der Waals surface area contributed by atoms with E-state index in [0.717, 1.165) is 36.8 Å². The van der Waals surface area contributed by atoms with Gasteiger partial charge in [-0.15, -0.1) is 0 Å². The summed E-state index contributed by atoms with van der Waals surface area (Å²) in [6.45, 7) is 6.83. The van der Waals surface area contributed by atoms with Crippen molar-refractivity contribution in [2.24, 2.45) is 0 Å². The molecular formula is C17H26O2. The van der Waals surface area contributed by atoms with Gasteiger partial charge in [0.2, 0.25) is 0 Å². The first kappa shape index (κ1) is 14.5. The predicted molar refractivity (Wildman–Crippen MR) is 78.3 cm³/mol. The molecule has 0 heterocycles. The number of aliphatic hydroxyl groups is 1. The molecule has 1 aliphatic rings. The van der Waals surface area contributed by atoms with Crippen LogP contribution in [0.2, 0.25) is 0 Å². The highest BCUT2D eigenvalue weighted by Gasteiger charge is 2.41. The molecule has 1 aromatic carbocycles. The lowest BCUT2D eigenvalue weighted by atomic mass is 9.77. The van der Waals surface area contributed by atoms with Gasteiger partial charge in [-0.25, -0.2) is 0 Å². The molecule has 0 aliphatic heterocycles. The summed E-state index contributed by atoms with van der Waals surface area (Å²) >= 11 is 0. The smallest absolute Gasteiger partial charge is 0.108 e. The molecule has 0 spiro atoms. The van der Waals surface area contributed by atoms with Crippen LogP contribution >= 0.6 is 0 Å². The summed E-state index contributed by atoms with van der Waals surface area (Å²) < 4.78 is 6.03. The lowest BCUT2D eigenvalue weighted by Crippen LogP contribution is -2.41. The Hall–Kier alpha value is -0.860. The third-order valence-electron chi connectivity index (χ3n) is 4.36. The van der Waals surface area contributed by atoms with E-state index in [1.807, 2.05) is 6.92 Å². The van der Waals surface area contributed by atoms with Crippen LogP contribution in [-0.2, 0) is 4.74 Å². The van der Waals surface area contributed by atoms with Gasteiger partial charge in [0.25, 0.3) is 0 Å². The van der Waals surface area contributed by atoms with E-state index in [1.165, 1.54) is 12.0 Å². The Labute approximate surface area is 116 Å². The first-order valence-corrected chi connectivity index (χ1v) is 7.48. The molecule has 1 fully saturated rings. The molecule has 2 heteroatoms. The molecular weight excluding hydrogens is 236 g/mol. The molecule has 0 radical (unpaired) electrons. The van der Waals surface area contributed by atoms with Gasteiger partial charge in [0, 0.05) is 6.61 Å².